The first-order valence-electron chi connectivity index (χ1n) is 5.44. The van der Waals surface area contributed by atoms with E-state index >= 15 is 0 Å². The van der Waals surface area contributed by atoms with Crippen molar-refractivity contribution >= 4 is 5.78 Å². The van der Waals surface area contributed by atoms with Crippen LogP contribution < -0.4 is 0 Å². The molecule has 0 fully saturated rings. The number of allylic oxidation sites excluding steroid dienone is 2. The number of hydrogen-bond donors (Lipinski definition) is 0. The average Bonchev–Trinajstić information content (AvgIpc) is 2.29. The molecule has 2 rings (SSSR count). The van der Waals surface area contributed by atoms with Crippen molar-refractivity contribution in [3.05, 3.63) is 41.2 Å². The molecule has 0 aromatic carbocycles. The number of carbonyl (C=O) groups is 1. The lowest BCUT2D eigenvalue weighted by Gasteiger charge is -2.11. The van der Waals surface area contributed by atoms with Crippen LogP contribution in [0.25, 0.3) is 0 Å². The first kappa shape index (κ1) is 10.1. The quantitative estimate of drug-likeness (QED) is 0.688. The van der Waals surface area contributed by atoms with Gasteiger partial charge < -0.3 is 0 Å². The van der Waals surface area contributed by atoms with Crippen LogP contribution in [-0.4, -0.2) is 10.8 Å². The summed E-state index contributed by atoms with van der Waals surface area (Å²) in [5, 5.41) is 0. The molecular weight excluding hydrogens is 186 g/mol. The van der Waals surface area contributed by atoms with E-state index in [2.05, 4.69) is 11.1 Å². The van der Waals surface area contributed by atoms with Gasteiger partial charge in [0.15, 0.2) is 5.78 Å². The standard InChI is InChI=1S/C13H15NO/c1-10-9-12(7-8-14-10)13(15)11-5-3-2-4-6-11/h5,7-9H,2-4,6H2,1H3. The zero-order valence-corrected chi connectivity index (χ0v) is 8.99. The molecule has 1 heterocycles. The van der Waals surface area contributed by atoms with Crippen LogP contribution in [0.15, 0.2) is 30.0 Å². The lowest BCUT2D eigenvalue weighted by molar-refractivity contribution is 0.102. The Kier molecular flexibility index (Phi) is 2.95. The number of rotatable bonds is 2. The molecule has 2 nitrogen and oxygen atoms in total. The van der Waals surface area contributed by atoms with Crippen molar-refractivity contribution in [2.24, 2.45) is 0 Å². The minimum absolute atomic E-state index is 0.181. The monoisotopic (exact) mass is 201 g/mol. The molecule has 2 heteroatoms. The van der Waals surface area contributed by atoms with E-state index in [1.54, 1.807) is 12.3 Å². The van der Waals surface area contributed by atoms with Crippen LogP contribution in [0.1, 0.15) is 41.7 Å². The summed E-state index contributed by atoms with van der Waals surface area (Å²) in [4.78, 5) is 16.2. The Labute approximate surface area is 90.0 Å². The molecule has 1 aromatic rings. The minimum Gasteiger partial charge on any atom is -0.289 e. The lowest BCUT2D eigenvalue weighted by atomic mass is 9.93. The van der Waals surface area contributed by atoms with E-state index in [0.717, 1.165) is 36.1 Å². The molecule has 78 valence electrons. The molecule has 0 amide bonds. The summed E-state index contributed by atoms with van der Waals surface area (Å²) >= 11 is 0. The Hall–Kier alpha value is -1.44. The highest BCUT2D eigenvalue weighted by Gasteiger charge is 2.14. The lowest BCUT2D eigenvalue weighted by Crippen LogP contribution is -2.06. The van der Waals surface area contributed by atoms with Crippen molar-refractivity contribution in [3.8, 4) is 0 Å². The summed E-state index contributed by atoms with van der Waals surface area (Å²) in [7, 11) is 0. The highest BCUT2D eigenvalue weighted by molar-refractivity contribution is 6.08. The maximum Gasteiger partial charge on any atom is 0.188 e. The summed E-state index contributed by atoms with van der Waals surface area (Å²) < 4.78 is 0. The largest absolute Gasteiger partial charge is 0.289 e. The molecule has 0 saturated heterocycles. The predicted octanol–water partition coefficient (Wildman–Crippen LogP) is 3.07. The zero-order chi connectivity index (χ0) is 10.7. The van der Waals surface area contributed by atoms with Gasteiger partial charge in [0.05, 0.1) is 0 Å². The Bertz CT molecular complexity index is 407. The molecule has 0 spiro atoms. The maximum atomic E-state index is 12.1. The van der Waals surface area contributed by atoms with Gasteiger partial charge in [0.1, 0.15) is 0 Å². The predicted molar refractivity (Wildman–Crippen MR) is 59.9 cm³/mol. The second kappa shape index (κ2) is 4.39. The third-order valence-electron chi connectivity index (χ3n) is 2.74. The highest BCUT2D eigenvalue weighted by Crippen LogP contribution is 2.21. The fraction of sp³-hybridized carbons (Fsp3) is 0.385. The molecule has 1 aromatic heterocycles. The van der Waals surface area contributed by atoms with Gasteiger partial charge in [-0.05, 0) is 50.3 Å². The molecule has 1 aliphatic carbocycles. The van der Waals surface area contributed by atoms with Gasteiger partial charge in [0.25, 0.3) is 0 Å². The van der Waals surface area contributed by atoms with Gasteiger partial charge in [-0.3, -0.25) is 9.78 Å². The van der Waals surface area contributed by atoms with E-state index in [1.807, 2.05) is 13.0 Å². The molecule has 0 aliphatic heterocycles. The number of ketones is 1. The molecule has 0 atom stereocenters. The summed E-state index contributed by atoms with van der Waals surface area (Å²) in [6, 6.07) is 3.66. The van der Waals surface area contributed by atoms with Crippen molar-refractivity contribution < 1.29 is 4.79 Å². The normalized spacial score (nSPS) is 15.9. The summed E-state index contributed by atoms with van der Waals surface area (Å²) in [5.41, 5.74) is 2.65. The number of aromatic nitrogens is 1. The van der Waals surface area contributed by atoms with Gasteiger partial charge >= 0.3 is 0 Å². The van der Waals surface area contributed by atoms with E-state index in [-0.39, 0.29) is 5.78 Å². The highest BCUT2D eigenvalue weighted by atomic mass is 16.1. The van der Waals surface area contributed by atoms with E-state index in [0.29, 0.717) is 0 Å². The summed E-state index contributed by atoms with van der Waals surface area (Å²) in [6.45, 7) is 1.91. The number of aryl methyl sites for hydroxylation is 1. The number of carbonyl (C=O) groups excluding carboxylic acids is 1. The molecular formula is C13H15NO. The molecule has 0 radical (unpaired) electrons. The Morgan fingerprint density at radius 1 is 1.40 bits per heavy atom. The first-order chi connectivity index (χ1) is 7.27. The van der Waals surface area contributed by atoms with Crippen LogP contribution in [0, 0.1) is 6.92 Å². The van der Waals surface area contributed by atoms with Crippen molar-refractivity contribution in [1.29, 1.82) is 0 Å². The summed E-state index contributed by atoms with van der Waals surface area (Å²) in [5.74, 6) is 0.181. The fourth-order valence-electron chi connectivity index (χ4n) is 1.92. The van der Waals surface area contributed by atoms with Crippen molar-refractivity contribution in [2.45, 2.75) is 32.6 Å². The van der Waals surface area contributed by atoms with Gasteiger partial charge in [0, 0.05) is 17.5 Å². The van der Waals surface area contributed by atoms with Crippen molar-refractivity contribution in [2.75, 3.05) is 0 Å². The molecule has 0 bridgehead atoms. The van der Waals surface area contributed by atoms with Crippen molar-refractivity contribution in [1.82, 2.24) is 4.98 Å². The first-order valence-corrected chi connectivity index (χ1v) is 5.44. The van der Waals surface area contributed by atoms with Crippen LogP contribution in [0.5, 0.6) is 0 Å². The van der Waals surface area contributed by atoms with Crippen LogP contribution in [0.3, 0.4) is 0 Å². The summed E-state index contributed by atoms with van der Waals surface area (Å²) in [6.07, 6.45) is 8.12. The van der Waals surface area contributed by atoms with Gasteiger partial charge in [-0.25, -0.2) is 0 Å². The Balaban J connectivity index is 2.24. The van der Waals surface area contributed by atoms with Crippen LogP contribution in [-0.2, 0) is 0 Å². The second-order valence-electron chi connectivity index (χ2n) is 3.99. The number of Topliss-reactive ketones (excluding diaryl/α,β-unsaturated/α-hetero) is 1. The number of pyridine rings is 1. The van der Waals surface area contributed by atoms with E-state index < -0.39 is 0 Å². The van der Waals surface area contributed by atoms with Gasteiger partial charge in [0.2, 0.25) is 0 Å². The Morgan fingerprint density at radius 3 is 2.93 bits per heavy atom. The maximum absolute atomic E-state index is 12.1. The van der Waals surface area contributed by atoms with Gasteiger partial charge in [-0.2, -0.15) is 0 Å². The van der Waals surface area contributed by atoms with Crippen molar-refractivity contribution in [3.63, 3.8) is 0 Å². The van der Waals surface area contributed by atoms with Crippen LogP contribution in [0.4, 0.5) is 0 Å². The van der Waals surface area contributed by atoms with E-state index in [1.165, 1.54) is 6.42 Å². The van der Waals surface area contributed by atoms with Gasteiger partial charge in [-0.1, -0.05) is 6.08 Å². The second-order valence-corrected chi connectivity index (χ2v) is 3.99. The smallest absolute Gasteiger partial charge is 0.188 e. The number of hydrogen-bond acceptors (Lipinski definition) is 2. The molecule has 0 saturated carbocycles. The van der Waals surface area contributed by atoms with Crippen LogP contribution in [0.2, 0.25) is 0 Å². The molecule has 1 aliphatic rings. The van der Waals surface area contributed by atoms with Gasteiger partial charge in [-0.15, -0.1) is 0 Å². The third-order valence-corrected chi connectivity index (χ3v) is 2.74. The van der Waals surface area contributed by atoms with E-state index in [9.17, 15) is 4.79 Å². The molecule has 0 N–H and O–H groups in total. The Morgan fingerprint density at radius 2 is 2.27 bits per heavy atom. The topological polar surface area (TPSA) is 30.0 Å². The SMILES string of the molecule is Cc1cc(C(=O)C2=CCCCC2)ccn1. The van der Waals surface area contributed by atoms with E-state index in [4.69, 9.17) is 0 Å². The fourth-order valence-corrected chi connectivity index (χ4v) is 1.92. The molecule has 15 heavy (non-hydrogen) atoms. The molecule has 0 unspecified atom stereocenters. The van der Waals surface area contributed by atoms with Crippen LogP contribution >= 0.6 is 0 Å². The third kappa shape index (κ3) is 2.32. The number of nitrogens with zero attached hydrogens (tertiary/aromatic N) is 1. The average molecular weight is 201 g/mol. The minimum atomic E-state index is 0.181. The zero-order valence-electron chi connectivity index (χ0n) is 8.99.